The van der Waals surface area contributed by atoms with Crippen molar-refractivity contribution in [1.82, 2.24) is 9.88 Å². The summed E-state index contributed by atoms with van der Waals surface area (Å²) in [5.41, 5.74) is 0.594. The summed E-state index contributed by atoms with van der Waals surface area (Å²) >= 11 is 7.06. The SMILES string of the molecule is CN(C)C=Nc1ncc(C(=O)c2ccc(Cl)cc2)s1. The van der Waals surface area contributed by atoms with Crippen LogP contribution in [-0.4, -0.2) is 36.1 Å². The van der Waals surface area contributed by atoms with E-state index in [9.17, 15) is 4.79 Å². The summed E-state index contributed by atoms with van der Waals surface area (Å²) in [4.78, 5) is 22.8. The van der Waals surface area contributed by atoms with Crippen LogP contribution in [0.5, 0.6) is 0 Å². The molecular weight excluding hydrogens is 282 g/mol. The number of carbonyl (C=O) groups excluding carboxylic acids is 1. The van der Waals surface area contributed by atoms with Gasteiger partial charge in [-0.1, -0.05) is 22.9 Å². The number of thiazole rings is 1. The monoisotopic (exact) mass is 293 g/mol. The Kier molecular flexibility index (Phi) is 4.29. The van der Waals surface area contributed by atoms with Crippen LogP contribution >= 0.6 is 22.9 Å². The van der Waals surface area contributed by atoms with Gasteiger partial charge in [-0.3, -0.25) is 4.79 Å². The second-order valence-corrected chi connectivity index (χ2v) is 5.50. The Morgan fingerprint density at radius 1 is 1.37 bits per heavy atom. The molecule has 98 valence electrons. The van der Waals surface area contributed by atoms with E-state index in [2.05, 4.69) is 9.98 Å². The van der Waals surface area contributed by atoms with Crippen LogP contribution in [0.25, 0.3) is 0 Å². The molecule has 2 rings (SSSR count). The van der Waals surface area contributed by atoms with E-state index < -0.39 is 0 Å². The first kappa shape index (κ1) is 13.7. The maximum Gasteiger partial charge on any atom is 0.211 e. The highest BCUT2D eigenvalue weighted by Gasteiger charge is 2.12. The normalized spacial score (nSPS) is 10.9. The maximum atomic E-state index is 12.2. The Labute approximate surface area is 120 Å². The Balaban J connectivity index is 2.18. The van der Waals surface area contributed by atoms with E-state index >= 15 is 0 Å². The average Bonchev–Trinajstić information content (AvgIpc) is 2.85. The number of hydrogen-bond donors (Lipinski definition) is 0. The van der Waals surface area contributed by atoms with E-state index in [1.54, 1.807) is 36.8 Å². The molecule has 0 bridgehead atoms. The smallest absolute Gasteiger partial charge is 0.211 e. The number of hydrogen-bond acceptors (Lipinski definition) is 4. The maximum absolute atomic E-state index is 12.2. The van der Waals surface area contributed by atoms with E-state index in [1.165, 1.54) is 11.3 Å². The van der Waals surface area contributed by atoms with Crippen molar-refractivity contribution in [3.8, 4) is 0 Å². The predicted octanol–water partition coefficient (Wildman–Crippen LogP) is 3.25. The highest BCUT2D eigenvalue weighted by molar-refractivity contribution is 7.17. The number of nitrogens with zero attached hydrogens (tertiary/aromatic N) is 3. The minimum absolute atomic E-state index is 0.0690. The minimum Gasteiger partial charge on any atom is -0.369 e. The van der Waals surface area contributed by atoms with Crippen LogP contribution in [0.3, 0.4) is 0 Å². The highest BCUT2D eigenvalue weighted by Crippen LogP contribution is 2.23. The van der Waals surface area contributed by atoms with E-state index in [1.807, 2.05) is 19.0 Å². The van der Waals surface area contributed by atoms with Crippen molar-refractivity contribution in [2.24, 2.45) is 4.99 Å². The first-order valence-electron chi connectivity index (χ1n) is 5.53. The number of rotatable bonds is 4. The summed E-state index contributed by atoms with van der Waals surface area (Å²) in [6, 6.07) is 6.79. The van der Waals surface area contributed by atoms with Crippen LogP contribution in [0.4, 0.5) is 5.13 Å². The van der Waals surface area contributed by atoms with E-state index in [0.717, 1.165) is 0 Å². The Morgan fingerprint density at radius 2 is 2.05 bits per heavy atom. The number of carbonyl (C=O) groups is 1. The third-order valence-corrected chi connectivity index (χ3v) is 3.38. The molecule has 0 aliphatic heterocycles. The van der Waals surface area contributed by atoms with Gasteiger partial charge >= 0.3 is 0 Å². The van der Waals surface area contributed by atoms with E-state index in [0.29, 0.717) is 20.6 Å². The molecule has 1 aromatic heterocycles. The number of halogens is 1. The van der Waals surface area contributed by atoms with Crippen molar-refractivity contribution in [2.75, 3.05) is 14.1 Å². The van der Waals surface area contributed by atoms with Crippen molar-refractivity contribution in [1.29, 1.82) is 0 Å². The van der Waals surface area contributed by atoms with Crippen LogP contribution in [0, 0.1) is 0 Å². The van der Waals surface area contributed by atoms with E-state index in [-0.39, 0.29) is 5.78 Å². The van der Waals surface area contributed by atoms with Crippen LogP contribution in [0.1, 0.15) is 15.2 Å². The average molecular weight is 294 g/mol. The molecule has 6 heteroatoms. The Bertz CT molecular complexity index is 605. The van der Waals surface area contributed by atoms with Crippen LogP contribution in [-0.2, 0) is 0 Å². The molecule has 0 unspecified atom stereocenters. The molecule has 0 atom stereocenters. The predicted molar refractivity (Wildman–Crippen MR) is 78.8 cm³/mol. The van der Waals surface area contributed by atoms with Gasteiger partial charge in [-0.15, -0.1) is 0 Å². The molecule has 2 aromatic rings. The molecular formula is C13H12ClN3OS. The molecule has 0 N–H and O–H groups in total. The molecule has 0 radical (unpaired) electrons. The second-order valence-electron chi connectivity index (χ2n) is 4.05. The second kappa shape index (κ2) is 5.95. The zero-order valence-electron chi connectivity index (χ0n) is 10.5. The van der Waals surface area contributed by atoms with Crippen LogP contribution in [0.2, 0.25) is 5.02 Å². The van der Waals surface area contributed by atoms with Gasteiger partial charge in [0.1, 0.15) is 0 Å². The number of ketones is 1. The van der Waals surface area contributed by atoms with Crippen molar-refractivity contribution < 1.29 is 4.79 Å². The fourth-order valence-electron chi connectivity index (χ4n) is 1.34. The molecule has 1 heterocycles. The fraction of sp³-hybridized carbons (Fsp3) is 0.154. The quantitative estimate of drug-likeness (QED) is 0.494. The first-order chi connectivity index (χ1) is 9.06. The third-order valence-electron chi connectivity index (χ3n) is 2.22. The molecule has 0 aliphatic rings. The number of aromatic nitrogens is 1. The largest absolute Gasteiger partial charge is 0.369 e. The van der Waals surface area contributed by atoms with Gasteiger partial charge in [0.25, 0.3) is 0 Å². The molecule has 0 fully saturated rings. The minimum atomic E-state index is -0.0690. The summed E-state index contributed by atoms with van der Waals surface area (Å²) in [5.74, 6) is -0.0690. The van der Waals surface area contributed by atoms with Crippen LogP contribution in [0.15, 0.2) is 35.5 Å². The zero-order chi connectivity index (χ0) is 13.8. The molecule has 1 aromatic carbocycles. The van der Waals surface area contributed by atoms with Crippen LogP contribution < -0.4 is 0 Å². The lowest BCUT2D eigenvalue weighted by Crippen LogP contribution is -2.06. The summed E-state index contributed by atoms with van der Waals surface area (Å²) in [6.45, 7) is 0. The van der Waals surface area contributed by atoms with Gasteiger partial charge in [-0.25, -0.2) is 9.98 Å². The van der Waals surface area contributed by atoms with Gasteiger partial charge in [-0.2, -0.15) is 0 Å². The summed E-state index contributed by atoms with van der Waals surface area (Å²) in [5, 5.41) is 1.17. The zero-order valence-corrected chi connectivity index (χ0v) is 12.1. The van der Waals surface area contributed by atoms with Crippen molar-refractivity contribution in [3.05, 3.63) is 45.9 Å². The van der Waals surface area contributed by atoms with Gasteiger partial charge in [0.15, 0.2) is 0 Å². The van der Waals surface area contributed by atoms with Gasteiger partial charge in [0, 0.05) is 24.7 Å². The highest BCUT2D eigenvalue weighted by atomic mass is 35.5. The molecule has 0 saturated heterocycles. The van der Waals surface area contributed by atoms with Gasteiger partial charge in [-0.05, 0) is 24.3 Å². The van der Waals surface area contributed by atoms with Crippen molar-refractivity contribution in [3.63, 3.8) is 0 Å². The van der Waals surface area contributed by atoms with Crippen molar-refractivity contribution in [2.45, 2.75) is 0 Å². The number of aliphatic imine (C=N–C) groups is 1. The Morgan fingerprint density at radius 3 is 2.68 bits per heavy atom. The molecule has 4 nitrogen and oxygen atoms in total. The molecule has 0 amide bonds. The van der Waals surface area contributed by atoms with Gasteiger partial charge in [0.05, 0.1) is 17.4 Å². The summed E-state index contributed by atoms with van der Waals surface area (Å²) in [6.07, 6.45) is 3.19. The third kappa shape index (κ3) is 3.62. The fourth-order valence-corrected chi connectivity index (χ4v) is 2.18. The topological polar surface area (TPSA) is 45.6 Å². The Hall–Kier alpha value is -1.72. The van der Waals surface area contributed by atoms with Gasteiger partial charge < -0.3 is 4.90 Å². The van der Waals surface area contributed by atoms with Crippen molar-refractivity contribution >= 4 is 40.2 Å². The summed E-state index contributed by atoms with van der Waals surface area (Å²) < 4.78 is 0. The molecule has 19 heavy (non-hydrogen) atoms. The molecule has 0 spiro atoms. The molecule has 0 aliphatic carbocycles. The number of benzene rings is 1. The summed E-state index contributed by atoms with van der Waals surface area (Å²) in [7, 11) is 3.74. The lowest BCUT2D eigenvalue weighted by molar-refractivity contribution is 0.104. The van der Waals surface area contributed by atoms with Gasteiger partial charge in [0.2, 0.25) is 10.9 Å². The lowest BCUT2D eigenvalue weighted by Gasteiger charge is -1.99. The standard InChI is InChI=1S/C13H12ClN3OS/c1-17(2)8-16-13-15-7-11(19-13)12(18)9-3-5-10(14)6-4-9/h3-8H,1-2H3. The first-order valence-corrected chi connectivity index (χ1v) is 6.72. The molecule has 0 saturated carbocycles. The lowest BCUT2D eigenvalue weighted by atomic mass is 10.1. The van der Waals surface area contributed by atoms with E-state index in [4.69, 9.17) is 11.6 Å².